The van der Waals surface area contributed by atoms with E-state index in [9.17, 15) is 9.90 Å². The fraction of sp³-hybridized carbons (Fsp3) is 0.459. The third kappa shape index (κ3) is 6.75. The maximum atomic E-state index is 13.9. The van der Waals surface area contributed by atoms with Crippen molar-refractivity contribution < 1.29 is 14.6 Å². The topological polar surface area (TPSA) is 121 Å². The van der Waals surface area contributed by atoms with Crippen LogP contribution in [0.4, 0.5) is 23.0 Å². The summed E-state index contributed by atoms with van der Waals surface area (Å²) >= 11 is 0. The van der Waals surface area contributed by atoms with Crippen molar-refractivity contribution >= 4 is 28.9 Å². The van der Waals surface area contributed by atoms with Crippen molar-refractivity contribution in [3.63, 3.8) is 0 Å². The van der Waals surface area contributed by atoms with Crippen molar-refractivity contribution in [2.24, 2.45) is 0 Å². The number of carbonyl (C=O) groups excluding carboxylic acids is 1. The molecule has 4 aromatic rings. The van der Waals surface area contributed by atoms with Gasteiger partial charge in [0.05, 0.1) is 37.3 Å². The largest absolute Gasteiger partial charge is 0.494 e. The molecule has 0 spiro atoms. The first-order valence-electron chi connectivity index (χ1n) is 17.2. The number of anilines is 4. The van der Waals surface area contributed by atoms with Gasteiger partial charge in [0.2, 0.25) is 5.95 Å². The number of piperidine rings is 1. The van der Waals surface area contributed by atoms with Crippen molar-refractivity contribution in [1.29, 1.82) is 0 Å². The number of aliphatic hydroxyl groups is 1. The third-order valence-electron chi connectivity index (χ3n) is 9.77. The van der Waals surface area contributed by atoms with Crippen LogP contribution >= 0.6 is 0 Å². The number of aromatic nitrogens is 4. The number of nitrogens with zero attached hydrogens (tertiary/aromatic N) is 6. The number of para-hydroxylation sites is 1. The SMILES string of the molecule is CCc1cccc(CC)c1NC(=O)c1nn(CCO)c2c1CCCc1cnc(Nc3ccc(N4CCC(N(C)C)CC4)cc3OC)nc1-2. The van der Waals surface area contributed by atoms with Crippen LogP contribution < -0.4 is 20.3 Å². The summed E-state index contributed by atoms with van der Waals surface area (Å²) in [7, 11) is 5.98. The minimum atomic E-state index is -0.245. The lowest BCUT2D eigenvalue weighted by atomic mass is 10.0. The lowest BCUT2D eigenvalue weighted by Gasteiger charge is -2.36. The molecule has 1 saturated heterocycles. The van der Waals surface area contributed by atoms with E-state index in [1.54, 1.807) is 11.8 Å². The Morgan fingerprint density at radius 3 is 2.50 bits per heavy atom. The second-order valence-corrected chi connectivity index (χ2v) is 12.8. The first-order valence-corrected chi connectivity index (χ1v) is 17.2. The highest BCUT2D eigenvalue weighted by Gasteiger charge is 2.29. The van der Waals surface area contributed by atoms with Crippen molar-refractivity contribution in [3.8, 4) is 17.1 Å². The number of carbonyl (C=O) groups is 1. The minimum absolute atomic E-state index is 0.115. The molecule has 1 aliphatic carbocycles. The molecule has 2 aromatic heterocycles. The number of rotatable bonds is 11. The smallest absolute Gasteiger partial charge is 0.276 e. The Kier molecular flexibility index (Phi) is 10.3. The van der Waals surface area contributed by atoms with Crippen LogP contribution in [0.15, 0.2) is 42.6 Å². The molecule has 0 atom stereocenters. The van der Waals surface area contributed by atoms with Crippen LogP contribution in [0.2, 0.25) is 0 Å². The first-order chi connectivity index (χ1) is 23.3. The van der Waals surface area contributed by atoms with Crippen molar-refractivity contribution in [1.82, 2.24) is 24.6 Å². The fourth-order valence-electron chi connectivity index (χ4n) is 7.07. The molecule has 3 N–H and O–H groups in total. The van der Waals surface area contributed by atoms with Gasteiger partial charge in [0, 0.05) is 48.3 Å². The number of aliphatic hydroxyl groups excluding tert-OH is 1. The zero-order valence-corrected chi connectivity index (χ0v) is 28.8. The van der Waals surface area contributed by atoms with Crippen LogP contribution in [0.3, 0.4) is 0 Å². The highest BCUT2D eigenvalue weighted by molar-refractivity contribution is 6.05. The molecular formula is C37H48N8O3. The molecule has 11 heteroatoms. The highest BCUT2D eigenvalue weighted by Crippen LogP contribution is 2.37. The Hall–Kier alpha value is -4.48. The van der Waals surface area contributed by atoms with Crippen LogP contribution in [0, 0.1) is 0 Å². The molecule has 2 aliphatic rings. The number of aryl methyl sites for hydroxylation is 3. The molecule has 0 radical (unpaired) electrons. The summed E-state index contributed by atoms with van der Waals surface area (Å²) in [5.41, 5.74) is 8.63. The monoisotopic (exact) mass is 652 g/mol. The summed E-state index contributed by atoms with van der Waals surface area (Å²) in [4.78, 5) is 28.3. The normalized spacial score (nSPS) is 14.8. The van der Waals surface area contributed by atoms with E-state index in [1.807, 2.05) is 18.3 Å². The zero-order valence-electron chi connectivity index (χ0n) is 28.8. The lowest BCUT2D eigenvalue weighted by Crippen LogP contribution is -2.41. The van der Waals surface area contributed by atoms with Crippen LogP contribution in [0.1, 0.15) is 65.9 Å². The molecule has 3 heterocycles. The Morgan fingerprint density at radius 2 is 1.83 bits per heavy atom. The molecule has 1 fully saturated rings. The predicted octanol–water partition coefficient (Wildman–Crippen LogP) is 5.48. The lowest BCUT2D eigenvalue weighted by molar-refractivity contribution is 0.102. The van der Waals surface area contributed by atoms with E-state index in [0.717, 1.165) is 102 Å². The standard InChI is InChI=1S/C37H48N8O3/c1-6-24-10-8-11-25(7-2)32(24)40-36(47)34-29-13-9-12-26-23-38-37(41-33(26)35(29)45(42-34)20-21-46)39-30-15-14-28(22-31(30)48-5)44-18-16-27(17-19-44)43(3)4/h8,10-11,14-15,22-23,27,46H,6-7,9,12-13,16-21H2,1-5H3,(H,40,47)(H,38,39,41). The summed E-state index contributed by atoms with van der Waals surface area (Å²) in [5, 5.41) is 21.4. The molecule has 2 aromatic carbocycles. The fourth-order valence-corrected chi connectivity index (χ4v) is 7.07. The zero-order chi connectivity index (χ0) is 33.8. The van der Waals surface area contributed by atoms with Gasteiger partial charge in [0.1, 0.15) is 5.75 Å². The number of amides is 1. The Labute approximate surface area is 283 Å². The van der Waals surface area contributed by atoms with Crippen molar-refractivity contribution in [3.05, 3.63) is 70.5 Å². The predicted molar refractivity (Wildman–Crippen MR) is 191 cm³/mol. The van der Waals surface area contributed by atoms with Crippen molar-refractivity contribution in [2.75, 3.05) is 56.4 Å². The molecule has 0 bridgehead atoms. The van der Waals surface area contributed by atoms with Crippen LogP contribution in [-0.4, -0.2) is 82.6 Å². The van der Waals surface area contributed by atoms with Gasteiger partial charge in [-0.1, -0.05) is 32.0 Å². The molecule has 0 saturated carbocycles. The van der Waals surface area contributed by atoms with E-state index in [1.165, 1.54) is 0 Å². The van der Waals surface area contributed by atoms with E-state index >= 15 is 0 Å². The van der Waals surface area contributed by atoms with Gasteiger partial charge in [-0.25, -0.2) is 9.97 Å². The van der Waals surface area contributed by atoms with E-state index in [-0.39, 0.29) is 19.1 Å². The Balaban J connectivity index is 1.30. The number of hydrogen-bond donors (Lipinski definition) is 3. The first kappa shape index (κ1) is 33.4. The average molecular weight is 653 g/mol. The van der Waals surface area contributed by atoms with Gasteiger partial charge < -0.3 is 30.3 Å². The molecule has 1 aliphatic heterocycles. The van der Waals surface area contributed by atoms with E-state index in [0.29, 0.717) is 29.9 Å². The van der Waals surface area contributed by atoms with E-state index in [2.05, 4.69) is 77.6 Å². The number of hydrogen-bond acceptors (Lipinski definition) is 9. The van der Waals surface area contributed by atoms with Gasteiger partial charge in [-0.2, -0.15) is 5.10 Å². The van der Waals surface area contributed by atoms with Gasteiger partial charge in [0.25, 0.3) is 5.91 Å². The Bertz CT molecular complexity index is 1740. The molecule has 254 valence electrons. The van der Waals surface area contributed by atoms with Gasteiger partial charge in [-0.05, 0) is 87.9 Å². The van der Waals surface area contributed by atoms with Gasteiger partial charge >= 0.3 is 0 Å². The summed E-state index contributed by atoms with van der Waals surface area (Å²) in [5.74, 6) is 0.890. The highest BCUT2D eigenvalue weighted by atomic mass is 16.5. The molecule has 48 heavy (non-hydrogen) atoms. The van der Waals surface area contributed by atoms with Gasteiger partial charge in [-0.15, -0.1) is 0 Å². The number of fused-ring (bicyclic) bond motifs is 3. The molecule has 1 amide bonds. The van der Waals surface area contributed by atoms with E-state index in [4.69, 9.17) is 14.8 Å². The maximum Gasteiger partial charge on any atom is 0.276 e. The molecule has 6 rings (SSSR count). The Morgan fingerprint density at radius 1 is 1.08 bits per heavy atom. The number of ether oxygens (including phenoxy) is 1. The van der Waals surface area contributed by atoms with Gasteiger partial charge in [0.15, 0.2) is 5.69 Å². The third-order valence-corrected chi connectivity index (χ3v) is 9.77. The van der Waals surface area contributed by atoms with Crippen LogP contribution in [-0.2, 0) is 32.2 Å². The molecular weight excluding hydrogens is 604 g/mol. The van der Waals surface area contributed by atoms with Crippen LogP contribution in [0.5, 0.6) is 5.75 Å². The second kappa shape index (κ2) is 14.7. The number of nitrogens with one attached hydrogen (secondary N) is 2. The summed E-state index contributed by atoms with van der Waals surface area (Å²) in [6.07, 6.45) is 7.99. The molecule has 11 nitrogen and oxygen atoms in total. The van der Waals surface area contributed by atoms with Crippen molar-refractivity contribution in [2.45, 2.75) is 71.4 Å². The summed E-state index contributed by atoms with van der Waals surface area (Å²) in [6, 6.07) is 13.0. The molecule has 0 unspecified atom stereocenters. The number of benzene rings is 2. The minimum Gasteiger partial charge on any atom is -0.494 e. The van der Waals surface area contributed by atoms with E-state index < -0.39 is 0 Å². The summed E-state index contributed by atoms with van der Waals surface area (Å²) < 4.78 is 7.55. The summed E-state index contributed by atoms with van der Waals surface area (Å²) in [6.45, 7) is 6.31. The van der Waals surface area contributed by atoms with Crippen LogP contribution in [0.25, 0.3) is 11.4 Å². The number of methoxy groups -OCH3 is 1. The maximum absolute atomic E-state index is 13.9. The quantitative estimate of drug-likeness (QED) is 0.193. The average Bonchev–Trinajstić information content (AvgIpc) is 3.35. The van der Waals surface area contributed by atoms with Gasteiger partial charge in [-0.3, -0.25) is 9.48 Å². The second-order valence-electron chi connectivity index (χ2n) is 12.8.